The number of nitriles is 2. The lowest BCUT2D eigenvalue weighted by Crippen LogP contribution is -2.32. The van der Waals surface area contributed by atoms with Crippen LogP contribution in [-0.2, 0) is 9.53 Å². The molecule has 0 saturated heterocycles. The van der Waals surface area contributed by atoms with Crippen LogP contribution >= 0.6 is 0 Å². The van der Waals surface area contributed by atoms with Gasteiger partial charge in [-0.15, -0.1) is 0 Å². The van der Waals surface area contributed by atoms with E-state index in [1.165, 1.54) is 14.2 Å². The third-order valence-corrected chi connectivity index (χ3v) is 5.62. The van der Waals surface area contributed by atoms with Crippen molar-refractivity contribution in [2.75, 3.05) is 31.0 Å². The molecule has 2 atom stereocenters. The van der Waals surface area contributed by atoms with Gasteiger partial charge in [0.15, 0.2) is 17.7 Å². The largest absolute Gasteiger partial charge is 0.493 e. The maximum absolute atomic E-state index is 12.6. The van der Waals surface area contributed by atoms with Gasteiger partial charge in [0.05, 0.1) is 19.9 Å². The first-order chi connectivity index (χ1) is 17.9. The van der Waals surface area contributed by atoms with Gasteiger partial charge in [-0.2, -0.15) is 10.5 Å². The van der Waals surface area contributed by atoms with Gasteiger partial charge in [-0.25, -0.2) is 14.8 Å². The van der Waals surface area contributed by atoms with Crippen LogP contribution in [0.5, 0.6) is 11.5 Å². The lowest BCUT2D eigenvalue weighted by atomic mass is 9.95. The van der Waals surface area contributed by atoms with E-state index in [4.69, 9.17) is 30.9 Å². The van der Waals surface area contributed by atoms with E-state index in [9.17, 15) is 10.1 Å². The second-order valence-electron chi connectivity index (χ2n) is 7.74. The first kappa shape index (κ1) is 24.6. The molecule has 0 aliphatic carbocycles. The Morgan fingerprint density at radius 2 is 1.89 bits per heavy atom. The molecule has 12 nitrogen and oxygen atoms in total. The number of aromatic nitrogens is 1. The number of anilines is 3. The van der Waals surface area contributed by atoms with Crippen LogP contribution in [0.15, 0.2) is 53.5 Å². The molecule has 2 unspecified atom stereocenters. The zero-order chi connectivity index (χ0) is 26.5. The second kappa shape index (κ2) is 10.4. The minimum Gasteiger partial charge on any atom is -0.493 e. The van der Waals surface area contributed by atoms with E-state index in [0.29, 0.717) is 22.4 Å². The van der Waals surface area contributed by atoms with Gasteiger partial charge in [0.1, 0.15) is 29.3 Å². The highest BCUT2D eigenvalue weighted by atomic mass is 16.6. The molecule has 2 heterocycles. The van der Waals surface area contributed by atoms with E-state index < -0.39 is 18.1 Å². The van der Waals surface area contributed by atoms with E-state index >= 15 is 0 Å². The number of nitrogens with zero attached hydrogens (tertiary/aromatic N) is 4. The Hall–Kier alpha value is -5.49. The predicted molar refractivity (Wildman–Crippen MR) is 134 cm³/mol. The van der Waals surface area contributed by atoms with Crippen molar-refractivity contribution in [3.05, 3.63) is 70.8 Å². The number of ether oxygens (including phenoxy) is 3. The lowest BCUT2D eigenvalue weighted by molar-refractivity contribution is -0.149. The number of esters is 1. The minimum atomic E-state index is -1.08. The zero-order valence-corrected chi connectivity index (χ0v) is 19.9. The number of guanidine groups is 1. The van der Waals surface area contributed by atoms with Crippen molar-refractivity contribution >= 4 is 29.3 Å². The molecule has 0 bridgehead atoms. The van der Waals surface area contributed by atoms with Gasteiger partial charge >= 0.3 is 5.97 Å². The molecule has 1 aliphatic heterocycles. The Balaban J connectivity index is 1.85. The fourth-order valence-corrected chi connectivity index (χ4v) is 3.89. The molecule has 2 aromatic carbocycles. The van der Waals surface area contributed by atoms with Crippen LogP contribution in [0.4, 0.5) is 17.3 Å². The standard InChI is InChI=1S/C25H22N8O4/c1-35-16-9-8-14(10-17(16)37-21(24(34)36-2)13-6-4-3-5-7-13)20-18-19(28)15(11-26)22(29)32-23(18)33-25(31-20)30-12-27/h3-10,20-21H,1-2H3,(H6,28,29,30,31,32,33). The van der Waals surface area contributed by atoms with Crippen LogP contribution < -0.4 is 31.6 Å². The molecular formula is C25H22N8O4. The zero-order valence-electron chi connectivity index (χ0n) is 19.9. The van der Waals surface area contributed by atoms with Gasteiger partial charge in [-0.1, -0.05) is 36.4 Å². The lowest BCUT2D eigenvalue weighted by Gasteiger charge is -2.27. The van der Waals surface area contributed by atoms with Gasteiger partial charge in [0.2, 0.25) is 12.1 Å². The molecular weight excluding hydrogens is 476 g/mol. The molecule has 12 heteroatoms. The third kappa shape index (κ3) is 4.72. The van der Waals surface area contributed by atoms with E-state index in [-0.39, 0.29) is 34.6 Å². The first-order valence-corrected chi connectivity index (χ1v) is 10.9. The van der Waals surface area contributed by atoms with Crippen molar-refractivity contribution in [2.45, 2.75) is 12.1 Å². The number of carbonyl (C=O) groups excluding carboxylic acids is 1. The van der Waals surface area contributed by atoms with Crippen molar-refractivity contribution < 1.29 is 19.0 Å². The molecule has 1 aliphatic rings. The van der Waals surface area contributed by atoms with Gasteiger partial charge < -0.3 is 31.0 Å². The summed E-state index contributed by atoms with van der Waals surface area (Å²) in [7, 11) is 2.74. The van der Waals surface area contributed by atoms with Crippen LogP contribution in [0.1, 0.15) is 34.4 Å². The van der Waals surface area contributed by atoms with Gasteiger partial charge in [-0.05, 0) is 17.7 Å². The van der Waals surface area contributed by atoms with Crippen LogP contribution in [-0.4, -0.2) is 31.1 Å². The molecule has 0 amide bonds. The Labute approximate surface area is 212 Å². The number of fused-ring (bicyclic) bond motifs is 1. The molecule has 0 radical (unpaired) electrons. The average molecular weight is 499 g/mol. The maximum atomic E-state index is 12.6. The molecule has 1 aromatic heterocycles. The molecule has 0 fully saturated rings. The van der Waals surface area contributed by atoms with Crippen molar-refractivity contribution in [1.29, 1.82) is 10.5 Å². The molecule has 37 heavy (non-hydrogen) atoms. The molecule has 0 saturated carbocycles. The molecule has 0 spiro atoms. The number of methoxy groups -OCH3 is 2. The highest BCUT2D eigenvalue weighted by molar-refractivity contribution is 5.98. The van der Waals surface area contributed by atoms with Crippen LogP contribution in [0.25, 0.3) is 0 Å². The topological polar surface area (TPSA) is 194 Å². The van der Waals surface area contributed by atoms with Crippen molar-refractivity contribution in [2.24, 2.45) is 4.99 Å². The Morgan fingerprint density at radius 3 is 2.54 bits per heavy atom. The number of nitrogens with one attached hydrogen (secondary N) is 2. The van der Waals surface area contributed by atoms with Crippen LogP contribution in [0.3, 0.4) is 0 Å². The number of rotatable bonds is 6. The van der Waals surface area contributed by atoms with E-state index in [0.717, 1.165) is 0 Å². The maximum Gasteiger partial charge on any atom is 0.351 e. The number of hydrogen-bond donors (Lipinski definition) is 4. The highest BCUT2D eigenvalue weighted by Gasteiger charge is 2.31. The fraction of sp³-hybridized carbons (Fsp3) is 0.160. The molecule has 6 N–H and O–H groups in total. The summed E-state index contributed by atoms with van der Waals surface area (Å²) in [6.07, 6.45) is 0.726. The monoisotopic (exact) mass is 498 g/mol. The second-order valence-corrected chi connectivity index (χ2v) is 7.74. The van der Waals surface area contributed by atoms with Crippen LogP contribution in [0.2, 0.25) is 0 Å². The van der Waals surface area contributed by atoms with Crippen LogP contribution in [0, 0.1) is 22.8 Å². The van der Waals surface area contributed by atoms with E-state index in [2.05, 4.69) is 20.6 Å². The van der Waals surface area contributed by atoms with Gasteiger partial charge in [-0.3, -0.25) is 5.32 Å². The highest BCUT2D eigenvalue weighted by Crippen LogP contribution is 2.43. The number of carbonyl (C=O) groups is 1. The number of aliphatic imine (C=N–C) groups is 1. The smallest absolute Gasteiger partial charge is 0.351 e. The Kier molecular flexibility index (Phi) is 6.93. The molecule has 3 aromatic rings. The van der Waals surface area contributed by atoms with E-state index in [1.54, 1.807) is 48.7 Å². The summed E-state index contributed by atoms with van der Waals surface area (Å²) in [5.41, 5.74) is 13.9. The van der Waals surface area contributed by atoms with E-state index in [1.807, 2.05) is 12.1 Å². The van der Waals surface area contributed by atoms with Gasteiger partial charge in [0.25, 0.3) is 0 Å². The molecule has 4 rings (SSSR count). The predicted octanol–water partition coefficient (Wildman–Crippen LogP) is 2.36. The van der Waals surface area contributed by atoms with Crippen molar-refractivity contribution in [3.63, 3.8) is 0 Å². The summed E-state index contributed by atoms with van der Waals surface area (Å²) in [5, 5.41) is 24.0. The Bertz CT molecular complexity index is 1460. The number of hydrogen-bond acceptors (Lipinski definition) is 12. The summed E-state index contributed by atoms with van der Waals surface area (Å²) in [4.78, 5) is 21.4. The quantitative estimate of drug-likeness (QED) is 0.221. The number of nitrogen functional groups attached to an aromatic ring is 2. The van der Waals surface area contributed by atoms with Gasteiger partial charge in [0, 0.05) is 11.1 Å². The Morgan fingerprint density at radius 1 is 1.14 bits per heavy atom. The number of nitrogens with two attached hydrogens (primary N) is 2. The normalized spacial score (nSPS) is 14.5. The number of benzene rings is 2. The summed E-state index contributed by atoms with van der Waals surface area (Å²) in [6.45, 7) is 0. The fourth-order valence-electron chi connectivity index (χ4n) is 3.89. The summed E-state index contributed by atoms with van der Waals surface area (Å²) in [6, 6.07) is 15.0. The average Bonchev–Trinajstić information content (AvgIpc) is 2.91. The summed E-state index contributed by atoms with van der Waals surface area (Å²) >= 11 is 0. The van der Waals surface area contributed by atoms with Crippen molar-refractivity contribution in [3.8, 4) is 23.8 Å². The summed E-state index contributed by atoms with van der Waals surface area (Å²) < 4.78 is 16.5. The number of pyridine rings is 1. The first-order valence-electron chi connectivity index (χ1n) is 10.9. The third-order valence-electron chi connectivity index (χ3n) is 5.62. The van der Waals surface area contributed by atoms with Crippen molar-refractivity contribution in [1.82, 2.24) is 10.3 Å². The summed E-state index contributed by atoms with van der Waals surface area (Å²) in [5.74, 6) is 0.250. The SMILES string of the molecule is COC(=O)C(Oc1cc(C2N=C(NC#N)Nc3nc(N)c(C#N)c(N)c32)ccc1OC)c1ccccc1. The molecule has 186 valence electrons. The minimum absolute atomic E-state index is 0.0114.